The first-order chi connectivity index (χ1) is 7.97. The SMILES string of the molecule is C=C(c1ccccc1)P(C)(=O)OOC(C)CC. The van der Waals surface area contributed by atoms with Crippen LogP contribution in [0.4, 0.5) is 0 Å². The van der Waals surface area contributed by atoms with Gasteiger partial charge in [-0.25, -0.2) is 4.89 Å². The lowest BCUT2D eigenvalue weighted by molar-refractivity contribution is -0.237. The molecule has 0 N–H and O–H groups in total. The molecule has 94 valence electrons. The van der Waals surface area contributed by atoms with Gasteiger partial charge in [0.25, 0.3) is 7.37 Å². The molecule has 2 atom stereocenters. The second-order valence-corrected chi connectivity index (χ2v) is 6.43. The Morgan fingerprint density at radius 2 is 2.00 bits per heavy atom. The van der Waals surface area contributed by atoms with E-state index in [9.17, 15) is 4.57 Å². The lowest BCUT2D eigenvalue weighted by atomic mass is 10.2. The fraction of sp³-hybridized carbons (Fsp3) is 0.385. The van der Waals surface area contributed by atoms with Crippen LogP contribution in [0, 0.1) is 0 Å². The second-order valence-electron chi connectivity index (χ2n) is 4.05. The maximum Gasteiger partial charge on any atom is 0.260 e. The van der Waals surface area contributed by atoms with Crippen LogP contribution in [-0.4, -0.2) is 12.8 Å². The zero-order chi connectivity index (χ0) is 12.9. The molecule has 0 radical (unpaired) electrons. The molecular formula is C13H19O3P. The first-order valence-electron chi connectivity index (χ1n) is 5.65. The summed E-state index contributed by atoms with van der Waals surface area (Å²) >= 11 is 0. The van der Waals surface area contributed by atoms with Crippen molar-refractivity contribution in [2.24, 2.45) is 0 Å². The van der Waals surface area contributed by atoms with Crippen LogP contribution in [0.2, 0.25) is 0 Å². The minimum absolute atomic E-state index is 0.0770. The summed E-state index contributed by atoms with van der Waals surface area (Å²) < 4.78 is 17.3. The van der Waals surface area contributed by atoms with Crippen molar-refractivity contribution < 1.29 is 14.1 Å². The second kappa shape index (κ2) is 6.15. The third kappa shape index (κ3) is 4.12. The van der Waals surface area contributed by atoms with Crippen molar-refractivity contribution in [3.63, 3.8) is 0 Å². The highest BCUT2D eigenvalue weighted by molar-refractivity contribution is 7.68. The molecule has 0 saturated heterocycles. The van der Waals surface area contributed by atoms with Gasteiger partial charge in [-0.1, -0.05) is 43.8 Å². The first kappa shape index (κ1) is 14.2. The normalized spacial score (nSPS) is 16.2. The van der Waals surface area contributed by atoms with Gasteiger partial charge in [-0.05, 0) is 18.9 Å². The van der Waals surface area contributed by atoms with Crippen LogP contribution in [0.1, 0.15) is 25.8 Å². The van der Waals surface area contributed by atoms with Crippen LogP contribution in [-0.2, 0) is 14.1 Å². The Morgan fingerprint density at radius 3 is 2.53 bits per heavy atom. The zero-order valence-corrected chi connectivity index (χ0v) is 11.4. The fourth-order valence-corrected chi connectivity index (χ4v) is 2.15. The van der Waals surface area contributed by atoms with Gasteiger partial charge in [0.1, 0.15) is 0 Å². The molecule has 17 heavy (non-hydrogen) atoms. The van der Waals surface area contributed by atoms with Crippen molar-refractivity contribution >= 4 is 12.7 Å². The van der Waals surface area contributed by atoms with Crippen molar-refractivity contribution in [3.8, 4) is 0 Å². The van der Waals surface area contributed by atoms with Crippen molar-refractivity contribution in [1.29, 1.82) is 0 Å². The molecule has 4 heteroatoms. The van der Waals surface area contributed by atoms with Crippen molar-refractivity contribution in [1.82, 2.24) is 0 Å². The molecule has 0 spiro atoms. The third-order valence-corrected chi connectivity index (χ3v) is 4.13. The Bertz CT molecular complexity index is 414. The highest BCUT2D eigenvalue weighted by Crippen LogP contribution is 2.55. The Balaban J connectivity index is 2.71. The van der Waals surface area contributed by atoms with E-state index in [0.717, 1.165) is 12.0 Å². The standard InChI is InChI=1S/C13H19O3P/c1-5-11(2)15-16-17(4,14)12(3)13-9-7-6-8-10-13/h6-11H,3,5H2,1-2,4H3. The Hall–Kier alpha value is -0.890. The average Bonchev–Trinajstić information content (AvgIpc) is 2.36. The Kier molecular flexibility index (Phi) is 5.13. The van der Waals surface area contributed by atoms with E-state index < -0.39 is 7.37 Å². The van der Waals surface area contributed by atoms with Crippen LogP contribution in [0.5, 0.6) is 0 Å². The number of benzene rings is 1. The van der Waals surface area contributed by atoms with E-state index in [1.807, 2.05) is 44.2 Å². The topological polar surface area (TPSA) is 35.5 Å². The number of hydrogen-bond donors (Lipinski definition) is 0. The predicted molar refractivity (Wildman–Crippen MR) is 70.9 cm³/mol. The molecule has 0 aliphatic heterocycles. The van der Waals surface area contributed by atoms with Gasteiger partial charge in [0.2, 0.25) is 0 Å². The molecule has 0 heterocycles. The van der Waals surface area contributed by atoms with Crippen molar-refractivity contribution in [2.45, 2.75) is 26.4 Å². The van der Waals surface area contributed by atoms with Crippen LogP contribution in [0.3, 0.4) is 0 Å². The molecule has 0 bridgehead atoms. The summed E-state index contributed by atoms with van der Waals surface area (Å²) in [5.41, 5.74) is 0.811. The maximum atomic E-state index is 12.3. The van der Waals surface area contributed by atoms with Gasteiger partial charge >= 0.3 is 0 Å². The van der Waals surface area contributed by atoms with E-state index >= 15 is 0 Å². The van der Waals surface area contributed by atoms with E-state index in [1.54, 1.807) is 0 Å². The highest BCUT2D eigenvalue weighted by Gasteiger charge is 2.24. The van der Waals surface area contributed by atoms with Gasteiger partial charge in [-0.3, -0.25) is 4.57 Å². The molecule has 0 amide bonds. The summed E-state index contributed by atoms with van der Waals surface area (Å²) in [4.78, 5) is 5.07. The van der Waals surface area contributed by atoms with Gasteiger partial charge < -0.3 is 0 Å². The molecule has 0 aliphatic rings. The minimum Gasteiger partial charge on any atom is -0.285 e. The van der Waals surface area contributed by atoms with E-state index in [-0.39, 0.29) is 6.10 Å². The summed E-state index contributed by atoms with van der Waals surface area (Å²) in [6.45, 7) is 9.19. The Labute approximate surface area is 103 Å². The van der Waals surface area contributed by atoms with E-state index in [4.69, 9.17) is 9.56 Å². The molecule has 1 rings (SSSR count). The summed E-state index contributed by atoms with van der Waals surface area (Å²) in [6, 6.07) is 9.34. The third-order valence-electron chi connectivity index (χ3n) is 2.52. The minimum atomic E-state index is -2.99. The van der Waals surface area contributed by atoms with Gasteiger partial charge in [0, 0.05) is 12.0 Å². The molecule has 0 saturated carbocycles. The van der Waals surface area contributed by atoms with Crippen molar-refractivity contribution in [2.75, 3.05) is 6.66 Å². The van der Waals surface area contributed by atoms with Gasteiger partial charge in [0.05, 0.1) is 6.10 Å². The lowest BCUT2D eigenvalue weighted by Gasteiger charge is -2.17. The van der Waals surface area contributed by atoms with E-state index in [2.05, 4.69) is 6.58 Å². The Morgan fingerprint density at radius 1 is 1.41 bits per heavy atom. The summed E-state index contributed by atoms with van der Waals surface area (Å²) in [7, 11) is -2.99. The molecule has 0 fully saturated rings. The zero-order valence-electron chi connectivity index (χ0n) is 10.6. The smallest absolute Gasteiger partial charge is 0.260 e. The van der Waals surface area contributed by atoms with Crippen LogP contribution in [0.25, 0.3) is 5.31 Å². The highest BCUT2D eigenvalue weighted by atomic mass is 31.2. The van der Waals surface area contributed by atoms with Crippen molar-refractivity contribution in [3.05, 3.63) is 42.5 Å². The average molecular weight is 254 g/mol. The summed E-state index contributed by atoms with van der Waals surface area (Å²) in [5, 5.41) is 0.474. The molecule has 0 aromatic heterocycles. The molecule has 2 unspecified atom stereocenters. The largest absolute Gasteiger partial charge is 0.285 e. The number of rotatable bonds is 6. The van der Waals surface area contributed by atoms with Gasteiger partial charge in [0.15, 0.2) is 0 Å². The maximum absolute atomic E-state index is 12.3. The van der Waals surface area contributed by atoms with Gasteiger partial charge in [-0.15, -0.1) is 0 Å². The summed E-state index contributed by atoms with van der Waals surface area (Å²) in [6.07, 6.45) is 0.726. The lowest BCUT2D eigenvalue weighted by Crippen LogP contribution is -2.06. The number of hydrogen-bond acceptors (Lipinski definition) is 3. The quantitative estimate of drug-likeness (QED) is 0.431. The first-order valence-corrected chi connectivity index (χ1v) is 7.72. The van der Waals surface area contributed by atoms with Gasteiger partial charge in [-0.2, -0.15) is 4.67 Å². The van der Waals surface area contributed by atoms with E-state index in [1.165, 1.54) is 6.66 Å². The predicted octanol–water partition coefficient (Wildman–Crippen LogP) is 4.31. The molecular weight excluding hydrogens is 235 g/mol. The molecule has 0 aliphatic carbocycles. The molecule has 1 aromatic rings. The van der Waals surface area contributed by atoms with Crippen LogP contribution >= 0.6 is 7.37 Å². The monoisotopic (exact) mass is 254 g/mol. The molecule has 1 aromatic carbocycles. The van der Waals surface area contributed by atoms with E-state index in [0.29, 0.717) is 5.31 Å². The van der Waals surface area contributed by atoms with Crippen LogP contribution in [0.15, 0.2) is 36.9 Å². The summed E-state index contributed by atoms with van der Waals surface area (Å²) in [5.74, 6) is 0. The van der Waals surface area contributed by atoms with Crippen LogP contribution < -0.4 is 0 Å². The molecule has 3 nitrogen and oxygen atoms in total. The fourth-order valence-electron chi connectivity index (χ4n) is 1.13.